The molecule has 6 nitrogen and oxygen atoms in total. The fraction of sp³-hybridized carbons (Fsp3) is 0.364. The Morgan fingerprint density at radius 2 is 2.35 bits per heavy atom. The first-order chi connectivity index (χ1) is 8.04. The molecule has 0 spiro atoms. The summed E-state index contributed by atoms with van der Waals surface area (Å²) in [7, 11) is 0. The highest BCUT2D eigenvalue weighted by atomic mass is 16.4. The third-order valence-corrected chi connectivity index (χ3v) is 2.37. The number of rotatable bonds is 5. The van der Waals surface area contributed by atoms with Gasteiger partial charge in [0, 0.05) is 23.9 Å². The zero-order chi connectivity index (χ0) is 12.8. The molecule has 0 fully saturated rings. The molecule has 17 heavy (non-hydrogen) atoms. The maximum absolute atomic E-state index is 11.5. The van der Waals surface area contributed by atoms with Crippen molar-refractivity contribution in [1.29, 1.82) is 0 Å². The molecule has 1 unspecified atom stereocenters. The van der Waals surface area contributed by atoms with Crippen LogP contribution < -0.4 is 5.32 Å². The van der Waals surface area contributed by atoms with Gasteiger partial charge in [0.2, 0.25) is 5.91 Å². The lowest BCUT2D eigenvalue weighted by atomic mass is 10.1. The molecule has 0 radical (unpaired) electrons. The average molecular weight is 237 g/mol. The Balaban J connectivity index is 2.68. The van der Waals surface area contributed by atoms with E-state index in [4.69, 9.17) is 5.11 Å². The molecule has 3 N–H and O–H groups in total. The van der Waals surface area contributed by atoms with Gasteiger partial charge in [0.15, 0.2) is 0 Å². The van der Waals surface area contributed by atoms with Crippen molar-refractivity contribution in [2.75, 3.05) is 0 Å². The number of aromatic amines is 1. The van der Waals surface area contributed by atoms with E-state index in [9.17, 15) is 9.59 Å². The molecule has 0 aliphatic carbocycles. The first kappa shape index (κ1) is 13.0. The number of aromatic nitrogens is 2. The van der Waals surface area contributed by atoms with Gasteiger partial charge < -0.3 is 15.4 Å². The Labute approximate surface area is 98.8 Å². The number of carbonyl (C=O) groups excluding carboxylic acids is 1. The lowest BCUT2D eigenvalue weighted by Crippen LogP contribution is -2.42. The summed E-state index contributed by atoms with van der Waals surface area (Å²) >= 11 is 0. The summed E-state index contributed by atoms with van der Waals surface area (Å²) in [5, 5.41) is 11.5. The normalized spacial score (nSPS) is 13.2. The minimum absolute atomic E-state index is 0.179. The SMILES string of the molecule is C/C=C(\C)C(=O)NC(Cc1cnc[nH]1)C(=O)O. The summed E-state index contributed by atoms with van der Waals surface area (Å²) in [4.78, 5) is 29.1. The first-order valence-corrected chi connectivity index (χ1v) is 5.18. The molecule has 6 heteroatoms. The molecule has 92 valence electrons. The molecule has 0 saturated carbocycles. The lowest BCUT2D eigenvalue weighted by Gasteiger charge is -2.13. The predicted molar refractivity (Wildman–Crippen MR) is 61.3 cm³/mol. The maximum Gasteiger partial charge on any atom is 0.326 e. The summed E-state index contributed by atoms with van der Waals surface area (Å²) in [6.07, 6.45) is 4.81. The van der Waals surface area contributed by atoms with Gasteiger partial charge in [-0.05, 0) is 13.8 Å². The van der Waals surface area contributed by atoms with Crippen molar-refractivity contribution in [2.45, 2.75) is 26.3 Å². The lowest BCUT2D eigenvalue weighted by molar-refractivity contribution is -0.141. The van der Waals surface area contributed by atoms with Gasteiger partial charge in [0.1, 0.15) is 6.04 Å². The fourth-order valence-electron chi connectivity index (χ4n) is 1.22. The van der Waals surface area contributed by atoms with Gasteiger partial charge in [-0.2, -0.15) is 0 Å². The van der Waals surface area contributed by atoms with Crippen molar-refractivity contribution in [3.8, 4) is 0 Å². The van der Waals surface area contributed by atoms with Crippen LogP contribution in [0.2, 0.25) is 0 Å². The van der Waals surface area contributed by atoms with Gasteiger partial charge in [-0.25, -0.2) is 9.78 Å². The number of carboxylic acid groups (broad SMARTS) is 1. The van der Waals surface area contributed by atoms with Crippen LogP contribution in [0.1, 0.15) is 19.5 Å². The van der Waals surface area contributed by atoms with E-state index in [1.165, 1.54) is 12.5 Å². The van der Waals surface area contributed by atoms with Crippen LogP contribution >= 0.6 is 0 Å². The first-order valence-electron chi connectivity index (χ1n) is 5.18. The van der Waals surface area contributed by atoms with Crippen LogP contribution in [0, 0.1) is 0 Å². The standard InChI is InChI=1S/C11H15N3O3/c1-3-7(2)10(15)14-9(11(16)17)4-8-5-12-6-13-8/h3,5-6,9H,4H2,1-2H3,(H,12,13)(H,14,15)(H,16,17)/b7-3+. The molecular weight excluding hydrogens is 222 g/mol. The largest absolute Gasteiger partial charge is 0.480 e. The van der Waals surface area contributed by atoms with Gasteiger partial charge in [0.25, 0.3) is 0 Å². The second-order valence-corrected chi connectivity index (χ2v) is 3.62. The van der Waals surface area contributed by atoms with E-state index < -0.39 is 12.0 Å². The van der Waals surface area contributed by atoms with Gasteiger partial charge in [0.05, 0.1) is 6.33 Å². The molecule has 1 atom stereocenters. The van der Waals surface area contributed by atoms with Crippen LogP contribution in [0.3, 0.4) is 0 Å². The minimum Gasteiger partial charge on any atom is -0.480 e. The molecule has 0 saturated heterocycles. The molecule has 0 aromatic carbocycles. The summed E-state index contributed by atoms with van der Waals surface area (Å²) in [6, 6.07) is -0.960. The van der Waals surface area contributed by atoms with Gasteiger partial charge >= 0.3 is 5.97 Å². The van der Waals surface area contributed by atoms with Gasteiger partial charge in [-0.1, -0.05) is 6.08 Å². The van der Waals surface area contributed by atoms with Crippen molar-refractivity contribution in [2.24, 2.45) is 0 Å². The highest BCUT2D eigenvalue weighted by molar-refractivity contribution is 5.95. The third kappa shape index (κ3) is 3.75. The summed E-state index contributed by atoms with van der Waals surface area (Å²) < 4.78 is 0. The van der Waals surface area contributed by atoms with E-state index in [-0.39, 0.29) is 12.3 Å². The van der Waals surface area contributed by atoms with Crippen LogP contribution in [0.25, 0.3) is 0 Å². The van der Waals surface area contributed by atoms with E-state index in [1.807, 2.05) is 0 Å². The molecule has 0 bridgehead atoms. The van der Waals surface area contributed by atoms with Crippen molar-refractivity contribution in [1.82, 2.24) is 15.3 Å². The Morgan fingerprint density at radius 1 is 1.65 bits per heavy atom. The number of nitrogens with one attached hydrogen (secondary N) is 2. The van der Waals surface area contributed by atoms with Crippen molar-refractivity contribution in [3.63, 3.8) is 0 Å². The van der Waals surface area contributed by atoms with Crippen molar-refractivity contribution >= 4 is 11.9 Å². The number of allylic oxidation sites excluding steroid dienone is 1. The number of carbonyl (C=O) groups is 2. The van der Waals surface area contributed by atoms with Crippen molar-refractivity contribution < 1.29 is 14.7 Å². The number of nitrogens with zero attached hydrogens (tertiary/aromatic N) is 1. The van der Waals surface area contributed by atoms with Crippen LogP contribution in [0.4, 0.5) is 0 Å². The average Bonchev–Trinajstić information content (AvgIpc) is 2.79. The van der Waals surface area contributed by atoms with E-state index in [1.54, 1.807) is 19.9 Å². The molecule has 1 aromatic rings. The number of imidazole rings is 1. The summed E-state index contributed by atoms with van der Waals surface area (Å²) in [6.45, 7) is 3.35. The monoisotopic (exact) mass is 237 g/mol. The molecule has 1 amide bonds. The highest BCUT2D eigenvalue weighted by Gasteiger charge is 2.21. The van der Waals surface area contributed by atoms with Gasteiger partial charge in [-0.15, -0.1) is 0 Å². The second-order valence-electron chi connectivity index (χ2n) is 3.62. The molecular formula is C11H15N3O3. The van der Waals surface area contributed by atoms with E-state index in [2.05, 4.69) is 15.3 Å². The van der Waals surface area contributed by atoms with Gasteiger partial charge in [-0.3, -0.25) is 4.79 Å². The van der Waals surface area contributed by atoms with Crippen LogP contribution in [-0.4, -0.2) is 33.0 Å². The number of hydrogen-bond donors (Lipinski definition) is 3. The highest BCUT2D eigenvalue weighted by Crippen LogP contribution is 2.01. The van der Waals surface area contributed by atoms with Crippen LogP contribution in [0.5, 0.6) is 0 Å². The maximum atomic E-state index is 11.5. The zero-order valence-corrected chi connectivity index (χ0v) is 9.73. The summed E-state index contributed by atoms with van der Waals surface area (Å²) in [5.41, 5.74) is 1.15. The molecule has 1 aromatic heterocycles. The minimum atomic E-state index is -1.07. The van der Waals surface area contributed by atoms with Crippen LogP contribution in [0.15, 0.2) is 24.2 Å². The molecule has 1 rings (SSSR count). The number of hydrogen-bond acceptors (Lipinski definition) is 3. The molecule has 1 heterocycles. The smallest absolute Gasteiger partial charge is 0.326 e. The predicted octanol–water partition coefficient (Wildman–Crippen LogP) is 0.488. The molecule has 0 aliphatic rings. The third-order valence-electron chi connectivity index (χ3n) is 2.37. The Kier molecular flexibility index (Phi) is 4.45. The number of amides is 1. The van der Waals surface area contributed by atoms with E-state index >= 15 is 0 Å². The quantitative estimate of drug-likeness (QED) is 0.649. The number of carboxylic acids is 1. The van der Waals surface area contributed by atoms with Crippen LogP contribution in [-0.2, 0) is 16.0 Å². The fourth-order valence-corrected chi connectivity index (χ4v) is 1.22. The van der Waals surface area contributed by atoms with E-state index in [0.29, 0.717) is 11.3 Å². The summed E-state index contributed by atoms with van der Waals surface area (Å²) in [5.74, 6) is -1.45. The Bertz CT molecular complexity index is 423. The zero-order valence-electron chi connectivity index (χ0n) is 9.73. The van der Waals surface area contributed by atoms with Crippen molar-refractivity contribution in [3.05, 3.63) is 29.9 Å². The topological polar surface area (TPSA) is 95.1 Å². The molecule has 0 aliphatic heterocycles. The Hall–Kier alpha value is -2.11. The number of H-pyrrole nitrogens is 1. The second kappa shape index (κ2) is 5.83. The Morgan fingerprint density at radius 3 is 2.82 bits per heavy atom. The number of aliphatic carboxylic acids is 1. The van der Waals surface area contributed by atoms with E-state index in [0.717, 1.165) is 0 Å².